The van der Waals surface area contributed by atoms with Crippen LogP contribution in [0.3, 0.4) is 0 Å². The summed E-state index contributed by atoms with van der Waals surface area (Å²) in [5.41, 5.74) is 4.67. The summed E-state index contributed by atoms with van der Waals surface area (Å²) in [5.74, 6) is -1.00. The summed E-state index contributed by atoms with van der Waals surface area (Å²) in [7, 11) is 0. The Morgan fingerprint density at radius 3 is 2.48 bits per heavy atom. The third-order valence-electron chi connectivity index (χ3n) is 5.20. The van der Waals surface area contributed by atoms with E-state index in [-0.39, 0.29) is 11.7 Å². The molecule has 3 aromatic rings. The van der Waals surface area contributed by atoms with E-state index in [9.17, 15) is 14.7 Å². The summed E-state index contributed by atoms with van der Waals surface area (Å²) >= 11 is 0. The van der Waals surface area contributed by atoms with Crippen LogP contribution in [0.1, 0.15) is 42.3 Å². The summed E-state index contributed by atoms with van der Waals surface area (Å²) in [4.78, 5) is 33.4. The first-order valence-electron chi connectivity index (χ1n) is 10.2. The van der Waals surface area contributed by atoms with Gasteiger partial charge in [-0.2, -0.15) is 0 Å². The maximum atomic E-state index is 12.5. The molecule has 4 rings (SSSR count). The molecule has 0 fully saturated rings. The van der Waals surface area contributed by atoms with E-state index in [1.165, 1.54) is 0 Å². The number of rotatable bonds is 3. The SMILES string of the molecule is CC(C)(C)OC(=O)N1CCc2ccc(-c3[nH]c(-c4ccncc4)cc3C(=O)O)cc2C1. The van der Waals surface area contributed by atoms with Gasteiger partial charge in [-0.15, -0.1) is 0 Å². The molecule has 160 valence electrons. The van der Waals surface area contributed by atoms with E-state index in [0.29, 0.717) is 24.5 Å². The van der Waals surface area contributed by atoms with Crippen molar-refractivity contribution in [1.29, 1.82) is 0 Å². The minimum absolute atomic E-state index is 0.201. The van der Waals surface area contributed by atoms with Gasteiger partial charge in [0, 0.05) is 36.7 Å². The molecule has 0 radical (unpaired) electrons. The van der Waals surface area contributed by atoms with Crippen molar-refractivity contribution < 1.29 is 19.4 Å². The van der Waals surface area contributed by atoms with E-state index >= 15 is 0 Å². The fraction of sp³-hybridized carbons (Fsp3) is 0.292. The molecule has 3 heterocycles. The number of carbonyl (C=O) groups is 2. The molecule has 7 heteroatoms. The molecule has 1 aliphatic heterocycles. The van der Waals surface area contributed by atoms with Gasteiger partial charge in [0.05, 0.1) is 11.3 Å². The van der Waals surface area contributed by atoms with Crippen LogP contribution >= 0.6 is 0 Å². The van der Waals surface area contributed by atoms with Gasteiger partial charge in [-0.05, 0) is 68.1 Å². The lowest BCUT2D eigenvalue weighted by Gasteiger charge is -2.31. The van der Waals surface area contributed by atoms with Crippen molar-refractivity contribution in [2.75, 3.05) is 6.54 Å². The molecule has 7 nitrogen and oxygen atoms in total. The molecule has 2 N–H and O–H groups in total. The predicted octanol–water partition coefficient (Wildman–Crippen LogP) is 4.74. The first kappa shape index (κ1) is 20.7. The minimum atomic E-state index is -1.00. The second-order valence-electron chi connectivity index (χ2n) is 8.65. The van der Waals surface area contributed by atoms with Crippen molar-refractivity contribution >= 4 is 12.1 Å². The summed E-state index contributed by atoms with van der Waals surface area (Å²) < 4.78 is 5.51. The summed E-state index contributed by atoms with van der Waals surface area (Å²) in [6.07, 6.45) is 3.73. The van der Waals surface area contributed by atoms with Crippen LogP contribution in [-0.4, -0.2) is 44.2 Å². The summed E-state index contributed by atoms with van der Waals surface area (Å²) in [6, 6.07) is 11.2. The number of aromatic carboxylic acids is 1. The van der Waals surface area contributed by atoms with Gasteiger partial charge in [-0.25, -0.2) is 9.59 Å². The number of amides is 1. The zero-order valence-electron chi connectivity index (χ0n) is 17.8. The first-order chi connectivity index (χ1) is 14.7. The third kappa shape index (κ3) is 4.45. The number of aromatic amines is 1. The third-order valence-corrected chi connectivity index (χ3v) is 5.20. The number of nitrogens with zero attached hydrogens (tertiary/aromatic N) is 2. The van der Waals surface area contributed by atoms with Crippen molar-refractivity contribution in [2.24, 2.45) is 0 Å². The second kappa shape index (κ2) is 7.91. The molecule has 1 amide bonds. The molecule has 1 aromatic carbocycles. The Hall–Kier alpha value is -3.61. The minimum Gasteiger partial charge on any atom is -0.478 e. The number of carboxylic acid groups (broad SMARTS) is 1. The Bertz CT molecular complexity index is 1130. The van der Waals surface area contributed by atoms with Crippen LogP contribution in [0.4, 0.5) is 4.79 Å². The van der Waals surface area contributed by atoms with Crippen molar-refractivity contribution in [3.05, 3.63) is 65.5 Å². The number of pyridine rings is 1. The lowest BCUT2D eigenvalue weighted by molar-refractivity contribution is 0.0224. The van der Waals surface area contributed by atoms with Crippen LogP contribution in [0.25, 0.3) is 22.5 Å². The normalized spacial score (nSPS) is 13.6. The maximum absolute atomic E-state index is 12.5. The molecule has 0 unspecified atom stereocenters. The number of hydrogen-bond donors (Lipinski definition) is 2. The summed E-state index contributed by atoms with van der Waals surface area (Å²) in [6.45, 7) is 6.56. The van der Waals surface area contributed by atoms with Crippen molar-refractivity contribution in [3.63, 3.8) is 0 Å². The van der Waals surface area contributed by atoms with Gasteiger partial charge in [0.2, 0.25) is 0 Å². The van der Waals surface area contributed by atoms with Crippen LogP contribution < -0.4 is 0 Å². The molecule has 0 aliphatic carbocycles. The molecular formula is C24H25N3O4. The zero-order valence-corrected chi connectivity index (χ0v) is 17.8. The highest BCUT2D eigenvalue weighted by molar-refractivity contribution is 5.97. The van der Waals surface area contributed by atoms with Gasteiger partial charge in [-0.3, -0.25) is 4.98 Å². The van der Waals surface area contributed by atoms with Gasteiger partial charge in [-0.1, -0.05) is 12.1 Å². The standard InChI is InChI=1S/C24H25N3O4/c1-24(2,3)31-23(30)27-11-8-15-4-5-17(12-18(15)14-27)21-19(22(28)29)13-20(26-21)16-6-9-25-10-7-16/h4-7,9-10,12-13,26H,8,11,14H2,1-3H3,(H,28,29). The van der Waals surface area contributed by atoms with Gasteiger partial charge in [0.1, 0.15) is 5.60 Å². The van der Waals surface area contributed by atoms with Crippen LogP contribution in [0, 0.1) is 0 Å². The van der Waals surface area contributed by atoms with E-state index in [2.05, 4.69) is 9.97 Å². The number of fused-ring (bicyclic) bond motifs is 1. The quantitative estimate of drug-likeness (QED) is 0.640. The molecular weight excluding hydrogens is 394 g/mol. The zero-order chi connectivity index (χ0) is 22.2. The van der Waals surface area contributed by atoms with Crippen LogP contribution in [0.2, 0.25) is 0 Å². The molecule has 0 atom stereocenters. The lowest BCUT2D eigenvalue weighted by Crippen LogP contribution is -2.39. The number of ether oxygens (including phenoxy) is 1. The molecule has 1 aliphatic rings. The Kier molecular flexibility index (Phi) is 5.27. The number of benzene rings is 1. The maximum Gasteiger partial charge on any atom is 0.410 e. The van der Waals surface area contributed by atoms with Gasteiger partial charge in [0.25, 0.3) is 0 Å². The van der Waals surface area contributed by atoms with Gasteiger partial charge in [0.15, 0.2) is 0 Å². The molecule has 0 saturated heterocycles. The Morgan fingerprint density at radius 1 is 1.06 bits per heavy atom. The largest absolute Gasteiger partial charge is 0.478 e. The van der Waals surface area contributed by atoms with E-state index in [0.717, 1.165) is 28.7 Å². The number of hydrogen-bond acceptors (Lipinski definition) is 4. The number of carboxylic acids is 1. The number of H-pyrrole nitrogens is 1. The van der Waals surface area contributed by atoms with E-state index in [1.807, 2.05) is 51.1 Å². The first-order valence-corrected chi connectivity index (χ1v) is 10.2. The molecule has 0 spiro atoms. The van der Waals surface area contributed by atoms with Crippen LogP contribution in [-0.2, 0) is 17.7 Å². The van der Waals surface area contributed by atoms with Crippen LogP contribution in [0.15, 0.2) is 48.8 Å². The average Bonchev–Trinajstić information content (AvgIpc) is 3.18. The smallest absolute Gasteiger partial charge is 0.410 e. The highest BCUT2D eigenvalue weighted by Crippen LogP contribution is 2.32. The van der Waals surface area contributed by atoms with Gasteiger partial charge >= 0.3 is 12.1 Å². The Morgan fingerprint density at radius 2 is 1.81 bits per heavy atom. The van der Waals surface area contributed by atoms with Crippen molar-refractivity contribution in [2.45, 2.75) is 39.3 Å². The number of carbonyl (C=O) groups excluding carboxylic acids is 1. The van der Waals surface area contributed by atoms with E-state index < -0.39 is 11.6 Å². The van der Waals surface area contributed by atoms with E-state index in [1.54, 1.807) is 23.4 Å². The second-order valence-corrected chi connectivity index (χ2v) is 8.65. The Balaban J connectivity index is 1.67. The highest BCUT2D eigenvalue weighted by Gasteiger charge is 2.26. The molecule has 31 heavy (non-hydrogen) atoms. The number of aromatic nitrogens is 2. The Labute approximate surface area is 180 Å². The molecule has 2 aromatic heterocycles. The average molecular weight is 419 g/mol. The fourth-order valence-electron chi connectivity index (χ4n) is 3.73. The van der Waals surface area contributed by atoms with Crippen molar-refractivity contribution in [1.82, 2.24) is 14.9 Å². The topological polar surface area (TPSA) is 95.5 Å². The highest BCUT2D eigenvalue weighted by atomic mass is 16.6. The summed E-state index contributed by atoms with van der Waals surface area (Å²) in [5, 5.41) is 9.75. The fourth-order valence-corrected chi connectivity index (χ4v) is 3.73. The lowest BCUT2D eigenvalue weighted by atomic mass is 9.95. The predicted molar refractivity (Wildman–Crippen MR) is 117 cm³/mol. The van der Waals surface area contributed by atoms with Crippen molar-refractivity contribution in [3.8, 4) is 22.5 Å². The number of nitrogens with one attached hydrogen (secondary N) is 1. The molecule has 0 bridgehead atoms. The molecule has 0 saturated carbocycles. The van der Waals surface area contributed by atoms with Gasteiger partial charge < -0.3 is 19.7 Å². The van der Waals surface area contributed by atoms with E-state index in [4.69, 9.17) is 4.74 Å². The van der Waals surface area contributed by atoms with Crippen LogP contribution in [0.5, 0.6) is 0 Å². The monoisotopic (exact) mass is 419 g/mol.